The second-order valence-electron chi connectivity index (χ2n) is 3.86. The molecule has 0 bridgehead atoms. The maximum absolute atomic E-state index is 12.1. The second kappa shape index (κ2) is 6.85. The van der Waals surface area contributed by atoms with Crippen LogP contribution in [0.4, 0.5) is 0 Å². The normalized spacial score (nSPS) is 10.2. The third kappa shape index (κ3) is 4.03. The van der Waals surface area contributed by atoms with Crippen LogP contribution >= 0.6 is 0 Å². The zero-order valence-corrected chi connectivity index (χ0v) is 10.1. The van der Waals surface area contributed by atoms with Crippen molar-refractivity contribution in [2.75, 3.05) is 19.6 Å². The fourth-order valence-electron chi connectivity index (χ4n) is 1.61. The lowest BCUT2D eigenvalue weighted by Crippen LogP contribution is -2.34. The van der Waals surface area contributed by atoms with Gasteiger partial charge in [-0.15, -0.1) is 0 Å². The quantitative estimate of drug-likeness (QED) is 0.759. The summed E-state index contributed by atoms with van der Waals surface area (Å²) in [4.78, 5) is 27.5. The van der Waals surface area contributed by atoms with Crippen LogP contribution in [-0.4, -0.2) is 35.4 Å². The van der Waals surface area contributed by atoms with E-state index in [0.29, 0.717) is 25.3 Å². The number of aromatic nitrogens is 1. The van der Waals surface area contributed by atoms with Gasteiger partial charge >= 0.3 is 0 Å². The molecule has 1 rings (SSSR count). The summed E-state index contributed by atoms with van der Waals surface area (Å²) in [6.07, 6.45) is 1.65. The standard InChI is InChI=1S/C12H19N3O2/c1-2-8-15(9-4-7-13)12(17)10-5-3-6-11(16)14-10/h3,5-6H,2,4,7-9,13H2,1H3,(H,14,16). The first-order valence-corrected chi connectivity index (χ1v) is 5.87. The maximum atomic E-state index is 12.1. The smallest absolute Gasteiger partial charge is 0.270 e. The van der Waals surface area contributed by atoms with Crippen LogP contribution in [0.1, 0.15) is 30.3 Å². The number of nitrogens with two attached hydrogens (primary N) is 1. The second-order valence-corrected chi connectivity index (χ2v) is 3.86. The van der Waals surface area contributed by atoms with E-state index in [0.717, 1.165) is 12.8 Å². The zero-order chi connectivity index (χ0) is 12.7. The van der Waals surface area contributed by atoms with Crippen molar-refractivity contribution in [1.82, 2.24) is 9.88 Å². The van der Waals surface area contributed by atoms with Gasteiger partial charge < -0.3 is 15.6 Å². The number of nitrogens with zero attached hydrogens (tertiary/aromatic N) is 1. The molecular weight excluding hydrogens is 218 g/mol. The number of hydrogen-bond acceptors (Lipinski definition) is 3. The van der Waals surface area contributed by atoms with Gasteiger partial charge in [0, 0.05) is 19.2 Å². The third-order valence-electron chi connectivity index (χ3n) is 2.41. The van der Waals surface area contributed by atoms with Crippen molar-refractivity contribution in [3.05, 3.63) is 34.2 Å². The van der Waals surface area contributed by atoms with E-state index in [4.69, 9.17) is 5.73 Å². The highest BCUT2D eigenvalue weighted by Crippen LogP contribution is 2.02. The van der Waals surface area contributed by atoms with E-state index < -0.39 is 0 Å². The van der Waals surface area contributed by atoms with Gasteiger partial charge in [0.25, 0.3) is 5.91 Å². The molecule has 1 amide bonds. The molecule has 3 N–H and O–H groups in total. The lowest BCUT2D eigenvalue weighted by molar-refractivity contribution is 0.0748. The van der Waals surface area contributed by atoms with Gasteiger partial charge in [0.2, 0.25) is 5.56 Å². The highest BCUT2D eigenvalue weighted by atomic mass is 16.2. The number of pyridine rings is 1. The van der Waals surface area contributed by atoms with Crippen LogP contribution in [0.2, 0.25) is 0 Å². The Morgan fingerprint density at radius 1 is 1.41 bits per heavy atom. The predicted octanol–water partition coefficient (Wildman–Crippen LogP) is 0.576. The minimum absolute atomic E-state index is 0.141. The molecular formula is C12H19N3O2. The Hall–Kier alpha value is -1.62. The first kappa shape index (κ1) is 13.4. The third-order valence-corrected chi connectivity index (χ3v) is 2.41. The van der Waals surface area contributed by atoms with E-state index >= 15 is 0 Å². The summed E-state index contributed by atoms with van der Waals surface area (Å²) in [7, 11) is 0. The summed E-state index contributed by atoms with van der Waals surface area (Å²) in [5, 5.41) is 0. The molecule has 0 spiro atoms. The van der Waals surface area contributed by atoms with E-state index in [2.05, 4.69) is 4.98 Å². The molecule has 1 aromatic rings. The van der Waals surface area contributed by atoms with Gasteiger partial charge in [-0.2, -0.15) is 0 Å². The number of amides is 1. The summed E-state index contributed by atoms with van der Waals surface area (Å²) < 4.78 is 0. The molecule has 0 aliphatic carbocycles. The maximum Gasteiger partial charge on any atom is 0.270 e. The summed E-state index contributed by atoms with van der Waals surface area (Å²) in [6, 6.07) is 4.59. The van der Waals surface area contributed by atoms with E-state index in [-0.39, 0.29) is 11.5 Å². The van der Waals surface area contributed by atoms with E-state index in [1.165, 1.54) is 6.07 Å². The van der Waals surface area contributed by atoms with Crippen LogP contribution in [0.5, 0.6) is 0 Å². The summed E-state index contributed by atoms with van der Waals surface area (Å²) in [5.41, 5.74) is 5.52. The molecule has 0 aliphatic rings. The largest absolute Gasteiger partial charge is 0.337 e. The Labute approximate surface area is 101 Å². The SMILES string of the molecule is CCCN(CCCN)C(=O)c1cccc(=O)[nH]1. The monoisotopic (exact) mass is 237 g/mol. The number of H-pyrrole nitrogens is 1. The fraction of sp³-hybridized carbons (Fsp3) is 0.500. The average Bonchev–Trinajstić information content (AvgIpc) is 2.33. The molecule has 5 heteroatoms. The van der Waals surface area contributed by atoms with Crippen molar-refractivity contribution >= 4 is 5.91 Å². The van der Waals surface area contributed by atoms with E-state index in [9.17, 15) is 9.59 Å². The fourth-order valence-corrected chi connectivity index (χ4v) is 1.61. The molecule has 0 aliphatic heterocycles. The zero-order valence-electron chi connectivity index (χ0n) is 10.1. The Morgan fingerprint density at radius 3 is 2.76 bits per heavy atom. The van der Waals surface area contributed by atoms with Crippen molar-refractivity contribution in [3.63, 3.8) is 0 Å². The molecule has 0 saturated carbocycles. The number of aromatic amines is 1. The van der Waals surface area contributed by atoms with Gasteiger partial charge in [0.15, 0.2) is 0 Å². The predicted molar refractivity (Wildman–Crippen MR) is 66.9 cm³/mol. The Morgan fingerprint density at radius 2 is 2.18 bits per heavy atom. The molecule has 1 heterocycles. The first-order valence-electron chi connectivity index (χ1n) is 5.87. The van der Waals surface area contributed by atoms with Crippen LogP contribution in [0.3, 0.4) is 0 Å². The Bertz CT molecular complexity index is 414. The molecule has 1 aromatic heterocycles. The van der Waals surface area contributed by atoms with E-state index in [1.807, 2.05) is 6.92 Å². The molecule has 0 saturated heterocycles. The van der Waals surface area contributed by atoms with Crippen LogP contribution < -0.4 is 11.3 Å². The lowest BCUT2D eigenvalue weighted by Gasteiger charge is -2.21. The van der Waals surface area contributed by atoms with Crippen molar-refractivity contribution < 1.29 is 4.79 Å². The lowest BCUT2D eigenvalue weighted by atomic mass is 10.2. The number of rotatable bonds is 6. The number of carbonyl (C=O) groups excluding carboxylic acids is 1. The topological polar surface area (TPSA) is 79.2 Å². The van der Waals surface area contributed by atoms with Crippen LogP contribution in [0, 0.1) is 0 Å². The minimum Gasteiger partial charge on any atom is -0.337 e. The Balaban J connectivity index is 2.79. The molecule has 5 nitrogen and oxygen atoms in total. The van der Waals surface area contributed by atoms with Crippen molar-refractivity contribution in [2.45, 2.75) is 19.8 Å². The van der Waals surface area contributed by atoms with E-state index in [1.54, 1.807) is 17.0 Å². The van der Waals surface area contributed by atoms with Gasteiger partial charge in [0.05, 0.1) is 0 Å². The number of hydrogen-bond donors (Lipinski definition) is 2. The molecule has 94 valence electrons. The van der Waals surface area contributed by atoms with Gasteiger partial charge in [-0.3, -0.25) is 9.59 Å². The number of carbonyl (C=O) groups is 1. The highest BCUT2D eigenvalue weighted by Gasteiger charge is 2.14. The highest BCUT2D eigenvalue weighted by molar-refractivity contribution is 5.92. The summed E-state index contributed by atoms with van der Waals surface area (Å²) in [5.74, 6) is -0.141. The number of nitrogens with one attached hydrogen (secondary N) is 1. The van der Waals surface area contributed by atoms with Gasteiger partial charge in [-0.25, -0.2) is 0 Å². The first-order chi connectivity index (χ1) is 8.19. The van der Waals surface area contributed by atoms with Gasteiger partial charge in [-0.1, -0.05) is 13.0 Å². The Kier molecular flexibility index (Phi) is 5.42. The minimum atomic E-state index is -0.258. The van der Waals surface area contributed by atoms with Crippen LogP contribution in [0.15, 0.2) is 23.0 Å². The molecule has 0 aromatic carbocycles. The van der Waals surface area contributed by atoms with Crippen LogP contribution in [0.25, 0.3) is 0 Å². The molecule has 0 fully saturated rings. The molecule has 17 heavy (non-hydrogen) atoms. The van der Waals surface area contributed by atoms with Crippen molar-refractivity contribution in [2.24, 2.45) is 5.73 Å². The van der Waals surface area contributed by atoms with Gasteiger partial charge in [0.1, 0.15) is 5.69 Å². The van der Waals surface area contributed by atoms with Crippen molar-refractivity contribution in [3.8, 4) is 0 Å². The van der Waals surface area contributed by atoms with Gasteiger partial charge in [-0.05, 0) is 25.5 Å². The summed E-state index contributed by atoms with van der Waals surface area (Å²) in [6.45, 7) is 3.87. The average molecular weight is 237 g/mol. The molecule has 0 radical (unpaired) electrons. The van der Waals surface area contributed by atoms with Crippen molar-refractivity contribution in [1.29, 1.82) is 0 Å². The summed E-state index contributed by atoms with van der Waals surface area (Å²) >= 11 is 0. The molecule has 0 unspecified atom stereocenters. The molecule has 0 atom stereocenters. The van der Waals surface area contributed by atoms with Crippen LogP contribution in [-0.2, 0) is 0 Å².